The van der Waals surface area contributed by atoms with E-state index in [4.69, 9.17) is 11.6 Å². The smallest absolute Gasteiger partial charge is 0.234 e. The Balaban J connectivity index is 1.45. The minimum absolute atomic E-state index is 0.0292. The average Bonchev–Trinajstić information content (AvgIpc) is 2.64. The van der Waals surface area contributed by atoms with Crippen LogP contribution in [0.5, 0.6) is 0 Å². The first kappa shape index (κ1) is 16.9. The number of halogens is 2. The van der Waals surface area contributed by atoms with Crippen molar-refractivity contribution >= 4 is 62.3 Å². The zero-order valence-corrected chi connectivity index (χ0v) is 15.0. The van der Waals surface area contributed by atoms with Gasteiger partial charge in [-0.25, -0.2) is 9.38 Å². The Morgan fingerprint density at radius 2 is 2.00 bits per heavy atom. The molecule has 130 valence electrons. The number of hydrogen-bond acceptors (Lipinski definition) is 4. The third kappa shape index (κ3) is 3.38. The quantitative estimate of drug-likeness (QED) is 0.633. The van der Waals surface area contributed by atoms with Gasteiger partial charge >= 0.3 is 0 Å². The molecule has 0 atom stereocenters. The first-order valence-corrected chi connectivity index (χ1v) is 9.22. The van der Waals surface area contributed by atoms with Gasteiger partial charge in [0, 0.05) is 11.1 Å². The lowest BCUT2D eigenvalue weighted by atomic mass is 10.1. The molecule has 0 spiro atoms. The van der Waals surface area contributed by atoms with Gasteiger partial charge in [0.1, 0.15) is 5.82 Å². The largest absolute Gasteiger partial charge is 0.334 e. The van der Waals surface area contributed by atoms with Crippen LogP contribution < -0.4 is 10.6 Å². The molecular formula is C19H13ClFN3OS. The maximum atomic E-state index is 13.2. The third-order valence-corrected chi connectivity index (χ3v) is 5.05. The standard InChI is InChI=1S/C19H13ClFN3OS/c20-13-9-12(7-8-14(13)21)22-17(25)10-26-19-23-15-5-1-3-11-4-2-6-16(24-19)18(11)15/h1-9H,10H2,(H,22,25)(H,23,24). The van der Waals surface area contributed by atoms with Gasteiger partial charge in [-0.1, -0.05) is 47.6 Å². The molecule has 7 heteroatoms. The second kappa shape index (κ2) is 6.97. The molecule has 1 aliphatic heterocycles. The van der Waals surface area contributed by atoms with E-state index in [2.05, 4.69) is 15.6 Å². The van der Waals surface area contributed by atoms with Gasteiger partial charge in [-0.05, 0) is 35.7 Å². The molecule has 3 aromatic carbocycles. The van der Waals surface area contributed by atoms with E-state index in [1.807, 2.05) is 36.4 Å². The van der Waals surface area contributed by atoms with Gasteiger partial charge in [0.05, 0.1) is 22.2 Å². The summed E-state index contributed by atoms with van der Waals surface area (Å²) >= 11 is 7.02. The minimum Gasteiger partial charge on any atom is -0.334 e. The second-order valence-electron chi connectivity index (χ2n) is 5.69. The normalized spacial score (nSPS) is 12.5. The van der Waals surface area contributed by atoms with E-state index in [1.54, 1.807) is 0 Å². The zero-order chi connectivity index (χ0) is 18.1. The molecule has 1 heterocycles. The highest BCUT2D eigenvalue weighted by Gasteiger charge is 2.15. The second-order valence-corrected chi connectivity index (χ2v) is 7.06. The SMILES string of the molecule is O=C(CSC1=Nc2cccc3cccc(c23)N1)Nc1ccc(F)c(Cl)c1. The van der Waals surface area contributed by atoms with E-state index in [-0.39, 0.29) is 16.7 Å². The van der Waals surface area contributed by atoms with Gasteiger partial charge in [0.25, 0.3) is 0 Å². The summed E-state index contributed by atoms with van der Waals surface area (Å²) in [6.45, 7) is 0. The fourth-order valence-electron chi connectivity index (χ4n) is 2.74. The molecule has 0 saturated carbocycles. The van der Waals surface area contributed by atoms with Crippen molar-refractivity contribution in [2.75, 3.05) is 16.4 Å². The van der Waals surface area contributed by atoms with E-state index in [1.165, 1.54) is 30.0 Å². The molecule has 4 nitrogen and oxygen atoms in total. The van der Waals surface area contributed by atoms with Crippen molar-refractivity contribution in [1.29, 1.82) is 0 Å². The molecule has 1 aliphatic rings. The van der Waals surface area contributed by atoms with Crippen molar-refractivity contribution in [1.82, 2.24) is 0 Å². The summed E-state index contributed by atoms with van der Waals surface area (Å²) < 4.78 is 13.2. The predicted molar refractivity (Wildman–Crippen MR) is 107 cm³/mol. The van der Waals surface area contributed by atoms with Crippen molar-refractivity contribution in [3.63, 3.8) is 0 Å². The molecule has 4 rings (SSSR count). The summed E-state index contributed by atoms with van der Waals surface area (Å²) in [6, 6.07) is 16.0. The minimum atomic E-state index is -0.521. The molecular weight excluding hydrogens is 373 g/mol. The lowest BCUT2D eigenvalue weighted by molar-refractivity contribution is -0.113. The molecule has 0 radical (unpaired) electrons. The van der Waals surface area contributed by atoms with Crippen molar-refractivity contribution in [3.8, 4) is 0 Å². The monoisotopic (exact) mass is 385 g/mol. The van der Waals surface area contributed by atoms with Crippen LogP contribution in [0.2, 0.25) is 5.02 Å². The van der Waals surface area contributed by atoms with Gasteiger partial charge in [0.2, 0.25) is 5.91 Å². The van der Waals surface area contributed by atoms with E-state index in [0.29, 0.717) is 10.9 Å². The van der Waals surface area contributed by atoms with E-state index < -0.39 is 5.82 Å². The molecule has 0 fully saturated rings. The number of hydrogen-bond donors (Lipinski definition) is 2. The van der Waals surface area contributed by atoms with E-state index >= 15 is 0 Å². The topological polar surface area (TPSA) is 53.5 Å². The molecule has 0 aliphatic carbocycles. The van der Waals surface area contributed by atoms with Crippen LogP contribution in [0, 0.1) is 5.82 Å². The van der Waals surface area contributed by atoms with Crippen molar-refractivity contribution < 1.29 is 9.18 Å². The Hall–Kier alpha value is -2.57. The highest BCUT2D eigenvalue weighted by Crippen LogP contribution is 2.36. The first-order chi connectivity index (χ1) is 12.6. The molecule has 0 bridgehead atoms. The molecule has 1 amide bonds. The van der Waals surface area contributed by atoms with Crippen molar-refractivity contribution in [2.24, 2.45) is 4.99 Å². The number of amidine groups is 1. The van der Waals surface area contributed by atoms with Crippen LogP contribution in [-0.4, -0.2) is 16.8 Å². The van der Waals surface area contributed by atoms with Crippen LogP contribution in [-0.2, 0) is 4.79 Å². The molecule has 0 unspecified atom stereocenters. The lowest BCUT2D eigenvalue weighted by Gasteiger charge is -2.18. The van der Waals surface area contributed by atoms with E-state index in [9.17, 15) is 9.18 Å². The summed E-state index contributed by atoms with van der Waals surface area (Å²) in [7, 11) is 0. The number of aliphatic imine (C=N–C) groups is 1. The lowest BCUT2D eigenvalue weighted by Crippen LogP contribution is -2.18. The number of carbonyl (C=O) groups excluding carboxylic acids is 1. The van der Waals surface area contributed by atoms with E-state index in [0.717, 1.165) is 22.1 Å². The molecule has 3 aromatic rings. The third-order valence-electron chi connectivity index (χ3n) is 3.89. The average molecular weight is 386 g/mol. The summed E-state index contributed by atoms with van der Waals surface area (Å²) in [5, 5.41) is 8.77. The van der Waals surface area contributed by atoms with Crippen LogP contribution in [0.4, 0.5) is 21.5 Å². The number of rotatable bonds is 3. The number of thioether (sulfide) groups is 1. The number of benzene rings is 3. The zero-order valence-electron chi connectivity index (χ0n) is 13.4. The summed E-state index contributed by atoms with van der Waals surface area (Å²) in [6.07, 6.45) is 0. The summed E-state index contributed by atoms with van der Waals surface area (Å²) in [4.78, 5) is 16.7. The number of anilines is 2. The fraction of sp³-hybridized carbons (Fsp3) is 0.0526. The summed E-state index contributed by atoms with van der Waals surface area (Å²) in [5.41, 5.74) is 2.31. The van der Waals surface area contributed by atoms with Crippen LogP contribution in [0.25, 0.3) is 10.8 Å². The maximum Gasteiger partial charge on any atom is 0.234 e. The van der Waals surface area contributed by atoms with Crippen LogP contribution in [0.3, 0.4) is 0 Å². The Morgan fingerprint density at radius 3 is 2.81 bits per heavy atom. The van der Waals surface area contributed by atoms with Gasteiger partial charge in [0.15, 0.2) is 5.17 Å². The number of amides is 1. The Morgan fingerprint density at radius 1 is 1.19 bits per heavy atom. The Labute approximate surface area is 158 Å². The fourth-order valence-corrected chi connectivity index (χ4v) is 3.61. The maximum absolute atomic E-state index is 13.2. The highest BCUT2D eigenvalue weighted by atomic mass is 35.5. The predicted octanol–water partition coefficient (Wildman–Crippen LogP) is 5.42. The van der Waals surface area contributed by atoms with Crippen LogP contribution in [0.15, 0.2) is 59.6 Å². The van der Waals surface area contributed by atoms with Crippen molar-refractivity contribution in [2.45, 2.75) is 0 Å². The van der Waals surface area contributed by atoms with Gasteiger partial charge in [-0.2, -0.15) is 0 Å². The van der Waals surface area contributed by atoms with Gasteiger partial charge < -0.3 is 10.6 Å². The number of nitrogens with zero attached hydrogens (tertiary/aromatic N) is 1. The number of nitrogens with one attached hydrogen (secondary N) is 2. The molecule has 0 saturated heterocycles. The van der Waals surface area contributed by atoms with Gasteiger partial charge in [-0.15, -0.1) is 0 Å². The molecule has 2 N–H and O–H groups in total. The first-order valence-electron chi connectivity index (χ1n) is 7.85. The summed E-state index contributed by atoms with van der Waals surface area (Å²) in [5.74, 6) is -0.578. The van der Waals surface area contributed by atoms with Gasteiger partial charge in [-0.3, -0.25) is 4.79 Å². The highest BCUT2D eigenvalue weighted by molar-refractivity contribution is 8.14. The Bertz CT molecular complexity index is 1050. The van der Waals surface area contributed by atoms with Crippen molar-refractivity contribution in [3.05, 3.63) is 65.4 Å². The molecule has 0 aromatic heterocycles. The van der Waals surface area contributed by atoms with Crippen LogP contribution >= 0.6 is 23.4 Å². The molecule has 26 heavy (non-hydrogen) atoms. The Kier molecular flexibility index (Phi) is 4.53. The van der Waals surface area contributed by atoms with Crippen LogP contribution in [0.1, 0.15) is 0 Å². The number of carbonyl (C=O) groups is 1.